The topological polar surface area (TPSA) is 67.9 Å². The monoisotopic (exact) mass is 472 g/mol. The third-order valence-corrected chi connectivity index (χ3v) is 6.21. The van der Waals surface area contributed by atoms with Crippen LogP contribution in [-0.2, 0) is 16.1 Å². The molecular formula is C26H33ClN2O4. The van der Waals surface area contributed by atoms with E-state index in [2.05, 4.69) is 5.32 Å². The molecule has 33 heavy (non-hydrogen) atoms. The van der Waals surface area contributed by atoms with E-state index in [1.54, 1.807) is 25.0 Å². The number of amides is 2. The summed E-state index contributed by atoms with van der Waals surface area (Å²) in [5.74, 6) is 1.30. The maximum atomic E-state index is 13.2. The molecule has 178 valence electrons. The van der Waals surface area contributed by atoms with Gasteiger partial charge in [-0.05, 0) is 68.1 Å². The highest BCUT2D eigenvalue weighted by molar-refractivity contribution is 6.30. The summed E-state index contributed by atoms with van der Waals surface area (Å²) >= 11 is 6.14. The maximum Gasteiger partial charge on any atom is 0.242 e. The van der Waals surface area contributed by atoms with Crippen molar-refractivity contribution in [1.82, 2.24) is 10.2 Å². The molecule has 0 heterocycles. The zero-order valence-electron chi connectivity index (χ0n) is 19.4. The van der Waals surface area contributed by atoms with Gasteiger partial charge in [-0.3, -0.25) is 9.59 Å². The van der Waals surface area contributed by atoms with Crippen molar-refractivity contribution >= 4 is 23.4 Å². The van der Waals surface area contributed by atoms with Gasteiger partial charge in [0.05, 0.1) is 13.7 Å². The van der Waals surface area contributed by atoms with E-state index in [9.17, 15) is 9.59 Å². The Labute approximate surface area is 201 Å². The van der Waals surface area contributed by atoms with Gasteiger partial charge in [-0.15, -0.1) is 0 Å². The second-order valence-corrected chi connectivity index (χ2v) is 8.88. The molecule has 1 saturated carbocycles. The van der Waals surface area contributed by atoms with Crippen molar-refractivity contribution in [1.29, 1.82) is 0 Å². The van der Waals surface area contributed by atoms with E-state index >= 15 is 0 Å². The molecule has 1 unspecified atom stereocenters. The minimum absolute atomic E-state index is 0.0811. The number of hydrogen-bond acceptors (Lipinski definition) is 4. The van der Waals surface area contributed by atoms with E-state index in [0.29, 0.717) is 24.6 Å². The first-order valence-electron chi connectivity index (χ1n) is 11.6. The SMILES string of the molecule is COc1ccc(OCCCC(=O)N(Cc2cccc(Cl)c2)C(C)C(=O)NC2CCCC2)cc1. The molecule has 1 aliphatic rings. The van der Waals surface area contributed by atoms with Gasteiger partial charge in [0.15, 0.2) is 0 Å². The molecule has 0 aliphatic heterocycles. The Morgan fingerprint density at radius 2 is 1.82 bits per heavy atom. The quantitative estimate of drug-likeness (QED) is 0.468. The Kier molecular flexibility index (Phi) is 9.43. The zero-order chi connectivity index (χ0) is 23.6. The highest BCUT2D eigenvalue weighted by Crippen LogP contribution is 2.20. The molecule has 6 nitrogen and oxygen atoms in total. The highest BCUT2D eigenvalue weighted by atomic mass is 35.5. The predicted molar refractivity (Wildman–Crippen MR) is 130 cm³/mol. The number of carbonyl (C=O) groups is 2. The standard InChI is InChI=1S/C26H33ClN2O4/c1-19(26(31)28-22-9-3-4-10-22)29(18-20-7-5-8-21(27)17-20)25(30)11-6-16-33-24-14-12-23(32-2)13-15-24/h5,7-8,12-15,17,19,22H,3-4,6,9-11,16,18H2,1-2H3,(H,28,31). The minimum atomic E-state index is -0.570. The van der Waals surface area contributed by atoms with Crippen molar-refractivity contribution in [3.8, 4) is 11.5 Å². The molecule has 0 bridgehead atoms. The van der Waals surface area contributed by atoms with Gasteiger partial charge >= 0.3 is 0 Å². The van der Waals surface area contributed by atoms with Crippen LogP contribution in [-0.4, -0.2) is 42.5 Å². The molecule has 1 fully saturated rings. The number of halogens is 1. The lowest BCUT2D eigenvalue weighted by Gasteiger charge is -2.30. The molecule has 2 aromatic carbocycles. The van der Waals surface area contributed by atoms with Gasteiger partial charge in [-0.2, -0.15) is 0 Å². The van der Waals surface area contributed by atoms with E-state index in [0.717, 1.165) is 42.7 Å². The van der Waals surface area contributed by atoms with E-state index in [4.69, 9.17) is 21.1 Å². The van der Waals surface area contributed by atoms with Gasteiger partial charge in [0, 0.05) is 24.0 Å². The van der Waals surface area contributed by atoms with Crippen LogP contribution in [0.1, 0.15) is 51.0 Å². The minimum Gasteiger partial charge on any atom is -0.497 e. The fraction of sp³-hybridized carbons (Fsp3) is 0.462. The van der Waals surface area contributed by atoms with Crippen molar-refractivity contribution in [2.45, 2.75) is 64.1 Å². The molecule has 0 spiro atoms. The van der Waals surface area contributed by atoms with Crippen LogP contribution in [0.25, 0.3) is 0 Å². The van der Waals surface area contributed by atoms with Gasteiger partial charge in [-0.1, -0.05) is 36.6 Å². The van der Waals surface area contributed by atoms with Crippen LogP contribution in [0.3, 0.4) is 0 Å². The summed E-state index contributed by atoms with van der Waals surface area (Å²) in [4.78, 5) is 27.7. The molecule has 2 amide bonds. The number of hydrogen-bond donors (Lipinski definition) is 1. The van der Waals surface area contributed by atoms with Gasteiger partial charge in [0.2, 0.25) is 11.8 Å². The molecule has 7 heteroatoms. The summed E-state index contributed by atoms with van der Waals surface area (Å²) in [5, 5.41) is 3.72. The molecule has 2 aromatic rings. The summed E-state index contributed by atoms with van der Waals surface area (Å²) in [6, 6.07) is 14.4. The third-order valence-electron chi connectivity index (χ3n) is 5.97. The van der Waals surface area contributed by atoms with Gasteiger partial charge in [-0.25, -0.2) is 0 Å². The highest BCUT2D eigenvalue weighted by Gasteiger charge is 2.28. The summed E-state index contributed by atoms with van der Waals surface area (Å²) < 4.78 is 10.9. The Bertz CT molecular complexity index is 913. The Balaban J connectivity index is 1.58. The Hall–Kier alpha value is -2.73. The van der Waals surface area contributed by atoms with Gasteiger partial charge < -0.3 is 19.7 Å². The third kappa shape index (κ3) is 7.67. The lowest BCUT2D eigenvalue weighted by Crippen LogP contribution is -2.49. The summed E-state index contributed by atoms with van der Waals surface area (Å²) in [5.41, 5.74) is 0.894. The second kappa shape index (κ2) is 12.5. The first kappa shape index (κ1) is 24.9. The van der Waals surface area contributed by atoms with E-state index in [1.807, 2.05) is 42.5 Å². The fourth-order valence-corrected chi connectivity index (χ4v) is 4.25. The second-order valence-electron chi connectivity index (χ2n) is 8.45. The van der Waals surface area contributed by atoms with Crippen LogP contribution in [0.5, 0.6) is 11.5 Å². The molecule has 0 saturated heterocycles. The van der Waals surface area contributed by atoms with Crippen molar-refractivity contribution in [2.24, 2.45) is 0 Å². The first-order chi connectivity index (χ1) is 16.0. The van der Waals surface area contributed by atoms with Gasteiger partial charge in [0.25, 0.3) is 0 Å². The molecule has 3 rings (SSSR count). The van der Waals surface area contributed by atoms with Crippen molar-refractivity contribution in [3.63, 3.8) is 0 Å². The van der Waals surface area contributed by atoms with Crippen LogP contribution in [0, 0.1) is 0 Å². The van der Waals surface area contributed by atoms with Crippen molar-refractivity contribution in [3.05, 3.63) is 59.1 Å². The normalized spacial score (nSPS) is 14.5. The molecule has 1 aliphatic carbocycles. The van der Waals surface area contributed by atoms with E-state index < -0.39 is 6.04 Å². The van der Waals surface area contributed by atoms with Crippen LogP contribution in [0.15, 0.2) is 48.5 Å². The van der Waals surface area contributed by atoms with Crippen LogP contribution in [0.4, 0.5) is 0 Å². The number of methoxy groups -OCH3 is 1. The van der Waals surface area contributed by atoms with E-state index in [-0.39, 0.29) is 24.3 Å². The number of benzene rings is 2. The van der Waals surface area contributed by atoms with Gasteiger partial charge in [0.1, 0.15) is 17.5 Å². The number of rotatable bonds is 11. The molecule has 1 atom stereocenters. The molecule has 0 radical (unpaired) electrons. The largest absolute Gasteiger partial charge is 0.497 e. The smallest absolute Gasteiger partial charge is 0.242 e. The average Bonchev–Trinajstić information content (AvgIpc) is 3.33. The average molecular weight is 473 g/mol. The Morgan fingerprint density at radius 1 is 1.12 bits per heavy atom. The number of nitrogens with one attached hydrogen (secondary N) is 1. The summed E-state index contributed by atoms with van der Waals surface area (Å²) in [6.45, 7) is 2.53. The fourth-order valence-electron chi connectivity index (χ4n) is 4.04. The predicted octanol–water partition coefficient (Wildman–Crippen LogP) is 4.98. The van der Waals surface area contributed by atoms with Crippen LogP contribution >= 0.6 is 11.6 Å². The maximum absolute atomic E-state index is 13.2. The first-order valence-corrected chi connectivity index (χ1v) is 11.9. The summed E-state index contributed by atoms with van der Waals surface area (Å²) in [7, 11) is 1.62. The van der Waals surface area contributed by atoms with Crippen molar-refractivity contribution < 1.29 is 19.1 Å². The molecule has 1 N–H and O–H groups in total. The van der Waals surface area contributed by atoms with E-state index in [1.165, 1.54) is 0 Å². The number of nitrogens with zero attached hydrogens (tertiary/aromatic N) is 1. The lowest BCUT2D eigenvalue weighted by molar-refractivity contribution is -0.141. The summed E-state index contributed by atoms with van der Waals surface area (Å²) in [6.07, 6.45) is 5.12. The molecular weight excluding hydrogens is 440 g/mol. The van der Waals surface area contributed by atoms with Crippen molar-refractivity contribution in [2.75, 3.05) is 13.7 Å². The number of ether oxygens (including phenoxy) is 2. The van der Waals surface area contributed by atoms with Crippen LogP contribution in [0.2, 0.25) is 5.02 Å². The Morgan fingerprint density at radius 3 is 2.48 bits per heavy atom. The lowest BCUT2D eigenvalue weighted by atomic mass is 10.1. The number of carbonyl (C=O) groups excluding carboxylic acids is 2. The van der Waals surface area contributed by atoms with Crippen LogP contribution < -0.4 is 14.8 Å². The zero-order valence-corrected chi connectivity index (χ0v) is 20.1. The molecule has 0 aromatic heterocycles.